The van der Waals surface area contributed by atoms with Crippen LogP contribution in [0.3, 0.4) is 0 Å². The van der Waals surface area contributed by atoms with Crippen LogP contribution in [0.15, 0.2) is 18.2 Å². The second-order valence-corrected chi connectivity index (χ2v) is 6.48. The fourth-order valence-corrected chi connectivity index (χ4v) is 2.91. The van der Waals surface area contributed by atoms with E-state index in [0.29, 0.717) is 17.1 Å². The van der Waals surface area contributed by atoms with Gasteiger partial charge in [-0.15, -0.1) is 0 Å². The van der Waals surface area contributed by atoms with Gasteiger partial charge in [-0.05, 0) is 44.9 Å². The van der Waals surface area contributed by atoms with Gasteiger partial charge in [0.2, 0.25) is 0 Å². The molecule has 142 valence electrons. The van der Waals surface area contributed by atoms with Gasteiger partial charge in [0.25, 0.3) is 5.91 Å². The Morgan fingerprint density at radius 3 is 2.42 bits per heavy atom. The van der Waals surface area contributed by atoms with Crippen molar-refractivity contribution in [2.24, 2.45) is 0 Å². The van der Waals surface area contributed by atoms with Gasteiger partial charge in [0.05, 0.1) is 7.11 Å². The van der Waals surface area contributed by atoms with Gasteiger partial charge in [0, 0.05) is 11.6 Å². The van der Waals surface area contributed by atoms with Crippen molar-refractivity contribution in [3.8, 4) is 11.5 Å². The molecule has 2 rings (SSSR count). The number of benzene rings is 1. The summed E-state index contributed by atoms with van der Waals surface area (Å²) in [5.41, 5.74) is 0.484. The molecule has 1 aromatic rings. The molecule has 0 aliphatic heterocycles. The first kappa shape index (κ1) is 19.8. The Morgan fingerprint density at radius 2 is 1.81 bits per heavy atom. The summed E-state index contributed by atoms with van der Waals surface area (Å²) in [5, 5.41) is 5.13. The van der Waals surface area contributed by atoms with Crippen LogP contribution in [0.25, 0.3) is 0 Å². The Labute approximate surface area is 153 Å². The number of carbonyl (C=O) groups is 3. The molecule has 1 aliphatic carbocycles. The number of hydrogen-bond donors (Lipinski definition) is 2. The molecule has 0 heterocycles. The largest absolute Gasteiger partial charge is 0.493 e. The minimum Gasteiger partial charge on any atom is -0.493 e. The molecular weight excluding hydrogens is 336 g/mol. The van der Waals surface area contributed by atoms with Gasteiger partial charge < -0.3 is 14.8 Å². The molecule has 0 radical (unpaired) electrons. The molecule has 1 aliphatic rings. The van der Waals surface area contributed by atoms with Crippen molar-refractivity contribution in [1.82, 2.24) is 10.6 Å². The molecule has 3 amide bonds. The summed E-state index contributed by atoms with van der Waals surface area (Å²) in [5.74, 6) is 0.0351. The van der Waals surface area contributed by atoms with E-state index in [2.05, 4.69) is 10.6 Å². The summed E-state index contributed by atoms with van der Waals surface area (Å²) in [6.07, 6.45) is 4.35. The van der Waals surface area contributed by atoms with Crippen molar-refractivity contribution in [3.63, 3.8) is 0 Å². The number of amides is 3. The Hall–Kier alpha value is -2.57. The highest BCUT2D eigenvalue weighted by Gasteiger charge is 2.22. The Kier molecular flexibility index (Phi) is 7.00. The predicted octanol–water partition coefficient (Wildman–Crippen LogP) is 2.82. The van der Waals surface area contributed by atoms with Gasteiger partial charge in [-0.25, -0.2) is 4.79 Å². The van der Waals surface area contributed by atoms with Crippen LogP contribution in [0.2, 0.25) is 0 Å². The van der Waals surface area contributed by atoms with E-state index >= 15 is 0 Å². The van der Waals surface area contributed by atoms with Crippen molar-refractivity contribution in [1.29, 1.82) is 0 Å². The lowest BCUT2D eigenvalue weighted by atomic mass is 9.96. The SMILES string of the molecule is COc1cc(C(C)=O)ccc1O[C@H](C)C(=O)NC(=O)NC1CCCCC1. The zero-order valence-corrected chi connectivity index (χ0v) is 15.5. The van der Waals surface area contributed by atoms with E-state index in [1.54, 1.807) is 25.1 Å². The van der Waals surface area contributed by atoms with Crippen LogP contribution in [-0.4, -0.2) is 37.0 Å². The number of hydrogen-bond acceptors (Lipinski definition) is 5. The predicted molar refractivity (Wildman–Crippen MR) is 96.6 cm³/mol. The van der Waals surface area contributed by atoms with Gasteiger partial charge in [-0.3, -0.25) is 14.9 Å². The molecule has 7 heteroatoms. The first-order valence-corrected chi connectivity index (χ1v) is 8.87. The number of nitrogens with one attached hydrogen (secondary N) is 2. The topological polar surface area (TPSA) is 93.7 Å². The number of methoxy groups -OCH3 is 1. The Morgan fingerprint density at radius 1 is 1.12 bits per heavy atom. The smallest absolute Gasteiger partial charge is 0.321 e. The fraction of sp³-hybridized carbons (Fsp3) is 0.526. The maximum absolute atomic E-state index is 12.2. The first-order valence-electron chi connectivity index (χ1n) is 8.87. The Balaban J connectivity index is 1.91. The van der Waals surface area contributed by atoms with Crippen molar-refractivity contribution in [3.05, 3.63) is 23.8 Å². The van der Waals surface area contributed by atoms with Crippen molar-refractivity contribution in [2.75, 3.05) is 7.11 Å². The summed E-state index contributed by atoms with van der Waals surface area (Å²) in [7, 11) is 1.45. The number of rotatable bonds is 6. The lowest BCUT2D eigenvalue weighted by Gasteiger charge is -2.23. The minimum atomic E-state index is -0.899. The van der Waals surface area contributed by atoms with Crippen LogP contribution in [0.4, 0.5) is 4.79 Å². The molecule has 0 unspecified atom stereocenters. The standard InChI is InChI=1S/C19H26N2O5/c1-12(22)14-9-10-16(17(11-14)25-3)26-13(2)18(23)21-19(24)20-15-7-5-4-6-8-15/h9-11,13,15H,4-8H2,1-3H3,(H2,20,21,23,24)/t13-/m1/s1. The monoisotopic (exact) mass is 362 g/mol. The molecule has 0 bridgehead atoms. The fourth-order valence-electron chi connectivity index (χ4n) is 2.91. The zero-order chi connectivity index (χ0) is 19.1. The molecule has 1 saturated carbocycles. The number of ether oxygens (including phenoxy) is 2. The highest BCUT2D eigenvalue weighted by atomic mass is 16.5. The van der Waals surface area contributed by atoms with E-state index < -0.39 is 18.0 Å². The van der Waals surface area contributed by atoms with E-state index in [9.17, 15) is 14.4 Å². The molecule has 1 aromatic carbocycles. The summed E-state index contributed by atoms with van der Waals surface area (Å²) in [6.45, 7) is 3.00. The van der Waals surface area contributed by atoms with E-state index in [1.807, 2.05) is 0 Å². The van der Waals surface area contributed by atoms with E-state index in [0.717, 1.165) is 25.7 Å². The van der Waals surface area contributed by atoms with E-state index in [1.165, 1.54) is 20.5 Å². The number of urea groups is 1. The molecule has 7 nitrogen and oxygen atoms in total. The van der Waals surface area contributed by atoms with E-state index in [4.69, 9.17) is 9.47 Å². The quantitative estimate of drug-likeness (QED) is 0.759. The van der Waals surface area contributed by atoms with Gasteiger partial charge in [0.1, 0.15) is 0 Å². The van der Waals surface area contributed by atoms with Crippen LogP contribution < -0.4 is 20.1 Å². The third kappa shape index (κ3) is 5.47. The molecule has 1 fully saturated rings. The van der Waals surface area contributed by atoms with Gasteiger partial charge in [0.15, 0.2) is 23.4 Å². The highest BCUT2D eigenvalue weighted by Crippen LogP contribution is 2.29. The minimum absolute atomic E-state index is 0.0972. The van der Waals surface area contributed by atoms with Crippen molar-refractivity contribution < 1.29 is 23.9 Å². The first-order chi connectivity index (χ1) is 12.4. The summed E-state index contributed by atoms with van der Waals surface area (Å²) in [4.78, 5) is 35.6. The number of imide groups is 1. The van der Waals surface area contributed by atoms with Crippen molar-refractivity contribution in [2.45, 2.75) is 58.1 Å². The third-order valence-corrected chi connectivity index (χ3v) is 4.42. The molecule has 0 aromatic heterocycles. The maximum atomic E-state index is 12.2. The number of ketones is 1. The molecular formula is C19H26N2O5. The number of carbonyl (C=O) groups excluding carboxylic acids is 3. The lowest BCUT2D eigenvalue weighted by Crippen LogP contribution is -2.48. The van der Waals surface area contributed by atoms with Crippen LogP contribution in [-0.2, 0) is 4.79 Å². The summed E-state index contributed by atoms with van der Waals surface area (Å²) >= 11 is 0. The van der Waals surface area contributed by atoms with Gasteiger partial charge >= 0.3 is 6.03 Å². The molecule has 2 N–H and O–H groups in total. The zero-order valence-electron chi connectivity index (χ0n) is 15.5. The molecule has 0 spiro atoms. The molecule has 1 atom stereocenters. The molecule has 0 saturated heterocycles. The van der Waals surface area contributed by atoms with Gasteiger partial charge in [-0.2, -0.15) is 0 Å². The average Bonchev–Trinajstić information content (AvgIpc) is 2.62. The normalized spacial score (nSPS) is 15.7. The second-order valence-electron chi connectivity index (χ2n) is 6.48. The Bertz CT molecular complexity index is 668. The summed E-state index contributed by atoms with van der Waals surface area (Å²) in [6, 6.07) is 4.34. The van der Waals surface area contributed by atoms with Crippen LogP contribution in [0.5, 0.6) is 11.5 Å². The third-order valence-electron chi connectivity index (χ3n) is 4.42. The van der Waals surface area contributed by atoms with Crippen LogP contribution >= 0.6 is 0 Å². The van der Waals surface area contributed by atoms with Gasteiger partial charge in [-0.1, -0.05) is 19.3 Å². The average molecular weight is 362 g/mol. The summed E-state index contributed by atoms with van der Waals surface area (Å²) < 4.78 is 10.8. The number of Topliss-reactive ketones (excluding diaryl/α,β-unsaturated/α-hetero) is 1. The highest BCUT2D eigenvalue weighted by molar-refractivity contribution is 5.97. The lowest BCUT2D eigenvalue weighted by molar-refractivity contribution is -0.126. The van der Waals surface area contributed by atoms with Crippen LogP contribution in [0.1, 0.15) is 56.3 Å². The van der Waals surface area contributed by atoms with Crippen LogP contribution in [0, 0.1) is 0 Å². The van der Waals surface area contributed by atoms with Crippen molar-refractivity contribution >= 4 is 17.7 Å². The molecule has 26 heavy (non-hydrogen) atoms. The van der Waals surface area contributed by atoms with E-state index in [-0.39, 0.29) is 11.8 Å². The second kappa shape index (κ2) is 9.22. The maximum Gasteiger partial charge on any atom is 0.321 e.